The van der Waals surface area contributed by atoms with Crippen LogP contribution in [0.5, 0.6) is 0 Å². The summed E-state index contributed by atoms with van der Waals surface area (Å²) in [4.78, 5) is 5.13. The number of sulfonamides is 1. The number of hydrogen-bond acceptors (Lipinski definition) is 4. The first-order valence-corrected chi connectivity index (χ1v) is 12.6. The molecule has 2 heterocycles. The van der Waals surface area contributed by atoms with Gasteiger partial charge in [0.1, 0.15) is 0 Å². The molecule has 1 atom stereocenters. The van der Waals surface area contributed by atoms with Crippen molar-refractivity contribution in [3.63, 3.8) is 0 Å². The molecule has 2 aliphatic heterocycles. The molecule has 1 N–H and O–H groups in total. The minimum atomic E-state index is -3.19. The Balaban J connectivity index is 1.77. The fourth-order valence-corrected chi connectivity index (χ4v) is 5.67. The lowest BCUT2D eigenvalue weighted by Crippen LogP contribution is -2.59. The second-order valence-electron chi connectivity index (χ2n) is 9.25. The monoisotopic (exact) mass is 407 g/mol. The number of likely N-dealkylation sites (tertiary alicyclic amines) is 2. The molecule has 0 aliphatic carbocycles. The third-order valence-electron chi connectivity index (χ3n) is 6.51. The zero-order valence-corrected chi connectivity index (χ0v) is 18.5. The van der Waals surface area contributed by atoms with Gasteiger partial charge in [-0.25, -0.2) is 13.1 Å². The maximum Gasteiger partial charge on any atom is 0.208 e. The Hall–Kier alpha value is -0.950. The summed E-state index contributed by atoms with van der Waals surface area (Å²) < 4.78 is 26.5. The predicted molar refractivity (Wildman–Crippen MR) is 116 cm³/mol. The summed E-state index contributed by atoms with van der Waals surface area (Å²) in [5.74, 6) is 0.692. The highest BCUT2D eigenvalue weighted by Gasteiger charge is 2.46. The van der Waals surface area contributed by atoms with Gasteiger partial charge in [-0.2, -0.15) is 0 Å². The van der Waals surface area contributed by atoms with E-state index in [9.17, 15) is 8.42 Å². The fourth-order valence-electron chi connectivity index (χ4n) is 5.21. The van der Waals surface area contributed by atoms with Crippen molar-refractivity contribution in [2.24, 2.45) is 11.3 Å². The molecule has 0 amide bonds. The normalized spacial score (nSPS) is 24.1. The average molecular weight is 408 g/mol. The van der Waals surface area contributed by atoms with E-state index < -0.39 is 10.0 Å². The smallest absolute Gasteiger partial charge is 0.208 e. The summed E-state index contributed by atoms with van der Waals surface area (Å²) in [6, 6.07) is 10.8. The van der Waals surface area contributed by atoms with Crippen molar-refractivity contribution in [1.29, 1.82) is 0 Å². The number of hydrogen-bond donors (Lipinski definition) is 1. The van der Waals surface area contributed by atoms with Crippen LogP contribution < -0.4 is 4.72 Å². The van der Waals surface area contributed by atoms with E-state index in [1.807, 2.05) is 6.07 Å². The second kappa shape index (κ2) is 9.24. The highest BCUT2D eigenvalue weighted by Crippen LogP contribution is 2.45. The van der Waals surface area contributed by atoms with E-state index in [4.69, 9.17) is 0 Å². The zero-order valence-electron chi connectivity index (χ0n) is 17.7. The number of rotatable bonds is 7. The predicted octanol–water partition coefficient (Wildman–Crippen LogP) is 2.94. The van der Waals surface area contributed by atoms with Crippen LogP contribution in [0.3, 0.4) is 0 Å². The summed E-state index contributed by atoms with van der Waals surface area (Å²) in [5.41, 5.74) is 1.53. The maximum atomic E-state index is 11.8. The lowest BCUT2D eigenvalue weighted by atomic mass is 9.66. The average Bonchev–Trinajstić information content (AvgIpc) is 2.63. The molecule has 3 rings (SSSR count). The Bertz CT molecular complexity index is 713. The van der Waals surface area contributed by atoms with E-state index in [1.165, 1.54) is 37.5 Å². The van der Waals surface area contributed by atoms with Gasteiger partial charge in [0, 0.05) is 25.7 Å². The SMILES string of the molecule is CC(C)CN1CCC2(CCCN(Cc3ccccc3)[C@@H]2CNS(C)(=O)=O)CC1. The van der Waals surface area contributed by atoms with Gasteiger partial charge in [-0.05, 0) is 62.2 Å². The summed E-state index contributed by atoms with van der Waals surface area (Å²) >= 11 is 0. The van der Waals surface area contributed by atoms with Crippen molar-refractivity contribution in [3.8, 4) is 0 Å². The highest BCUT2D eigenvalue weighted by molar-refractivity contribution is 7.88. The van der Waals surface area contributed by atoms with Gasteiger partial charge in [0.15, 0.2) is 0 Å². The highest BCUT2D eigenvalue weighted by atomic mass is 32.2. The molecule has 1 aromatic rings. The second-order valence-corrected chi connectivity index (χ2v) is 11.1. The van der Waals surface area contributed by atoms with Gasteiger partial charge in [0.05, 0.1) is 6.26 Å². The van der Waals surface area contributed by atoms with Crippen molar-refractivity contribution < 1.29 is 8.42 Å². The molecule has 0 aromatic heterocycles. The summed E-state index contributed by atoms with van der Waals surface area (Å²) in [5, 5.41) is 0. The molecule has 0 unspecified atom stereocenters. The fraction of sp³-hybridized carbons (Fsp3) is 0.727. The third-order valence-corrected chi connectivity index (χ3v) is 7.20. The molecule has 1 aromatic carbocycles. The largest absolute Gasteiger partial charge is 0.303 e. The zero-order chi connectivity index (χ0) is 20.2. The van der Waals surface area contributed by atoms with Gasteiger partial charge in [-0.15, -0.1) is 0 Å². The molecule has 28 heavy (non-hydrogen) atoms. The molecule has 2 fully saturated rings. The quantitative estimate of drug-likeness (QED) is 0.755. The first-order chi connectivity index (χ1) is 13.3. The third kappa shape index (κ3) is 5.78. The summed E-state index contributed by atoms with van der Waals surface area (Å²) in [6.45, 7) is 10.5. The Labute approximate surface area is 171 Å². The Morgan fingerprint density at radius 2 is 1.79 bits per heavy atom. The Kier molecular flexibility index (Phi) is 7.18. The molecule has 0 radical (unpaired) electrons. The topological polar surface area (TPSA) is 52.6 Å². The lowest BCUT2D eigenvalue weighted by Gasteiger charge is -2.54. The molecular formula is C22H37N3O2S. The molecule has 0 bridgehead atoms. The number of benzene rings is 1. The standard InChI is InChI=1S/C22H37N3O2S/c1-19(2)17-24-14-11-22(12-15-24)10-7-13-25(18-20-8-5-4-6-9-20)21(22)16-23-28(3,26)27/h4-6,8-9,19,21,23H,7,10-18H2,1-3H3/t21-/m1/s1. The number of nitrogens with zero attached hydrogens (tertiary/aromatic N) is 2. The van der Waals surface area contributed by atoms with Crippen LogP contribution in [0, 0.1) is 11.3 Å². The van der Waals surface area contributed by atoms with Gasteiger partial charge in [-0.1, -0.05) is 44.2 Å². The van der Waals surface area contributed by atoms with Crippen molar-refractivity contribution >= 4 is 10.0 Å². The summed E-state index contributed by atoms with van der Waals surface area (Å²) in [7, 11) is -3.19. The van der Waals surface area contributed by atoms with Gasteiger partial charge in [0.25, 0.3) is 0 Å². The molecule has 0 saturated carbocycles. The van der Waals surface area contributed by atoms with Crippen LogP contribution in [0.25, 0.3) is 0 Å². The van der Waals surface area contributed by atoms with Gasteiger partial charge in [-0.3, -0.25) is 4.90 Å². The van der Waals surface area contributed by atoms with Crippen LogP contribution in [-0.2, 0) is 16.6 Å². The van der Waals surface area contributed by atoms with E-state index in [-0.39, 0.29) is 11.5 Å². The van der Waals surface area contributed by atoms with Crippen LogP contribution in [0.1, 0.15) is 45.1 Å². The molecule has 2 saturated heterocycles. The number of piperidine rings is 2. The van der Waals surface area contributed by atoms with Crippen molar-refractivity contribution in [2.45, 2.75) is 52.1 Å². The first-order valence-electron chi connectivity index (χ1n) is 10.7. The van der Waals surface area contributed by atoms with Crippen LogP contribution in [0.4, 0.5) is 0 Å². The lowest BCUT2D eigenvalue weighted by molar-refractivity contribution is -0.0349. The van der Waals surface area contributed by atoms with Crippen LogP contribution in [0.15, 0.2) is 30.3 Å². The minimum Gasteiger partial charge on any atom is -0.303 e. The van der Waals surface area contributed by atoms with E-state index in [1.54, 1.807) is 0 Å². The van der Waals surface area contributed by atoms with E-state index in [0.29, 0.717) is 12.5 Å². The van der Waals surface area contributed by atoms with E-state index in [2.05, 4.69) is 52.6 Å². The van der Waals surface area contributed by atoms with Gasteiger partial charge >= 0.3 is 0 Å². The van der Waals surface area contributed by atoms with Crippen LogP contribution in [-0.4, -0.2) is 63.2 Å². The Morgan fingerprint density at radius 3 is 2.39 bits per heavy atom. The molecule has 6 heteroatoms. The van der Waals surface area contributed by atoms with E-state index >= 15 is 0 Å². The molecule has 2 aliphatic rings. The minimum absolute atomic E-state index is 0.220. The van der Waals surface area contributed by atoms with Crippen molar-refractivity contribution in [2.75, 3.05) is 39.0 Å². The first kappa shape index (κ1) is 21.8. The van der Waals surface area contributed by atoms with Crippen molar-refractivity contribution in [3.05, 3.63) is 35.9 Å². The molecule has 158 valence electrons. The van der Waals surface area contributed by atoms with E-state index in [0.717, 1.165) is 32.7 Å². The summed E-state index contributed by atoms with van der Waals surface area (Å²) in [6.07, 6.45) is 6.02. The maximum absolute atomic E-state index is 11.8. The van der Waals surface area contributed by atoms with Gasteiger partial charge in [0.2, 0.25) is 10.0 Å². The molecule has 1 spiro atoms. The molecule has 5 nitrogen and oxygen atoms in total. The Morgan fingerprint density at radius 1 is 1.11 bits per heavy atom. The van der Waals surface area contributed by atoms with Crippen LogP contribution in [0.2, 0.25) is 0 Å². The number of nitrogens with one attached hydrogen (secondary N) is 1. The van der Waals surface area contributed by atoms with Gasteiger partial charge < -0.3 is 4.90 Å². The van der Waals surface area contributed by atoms with Crippen LogP contribution >= 0.6 is 0 Å². The van der Waals surface area contributed by atoms with Crippen molar-refractivity contribution in [1.82, 2.24) is 14.5 Å². The molecular weight excluding hydrogens is 370 g/mol.